The van der Waals surface area contributed by atoms with Crippen molar-refractivity contribution in [1.29, 1.82) is 0 Å². The van der Waals surface area contributed by atoms with Gasteiger partial charge in [0.2, 0.25) is 0 Å². The highest BCUT2D eigenvalue weighted by atomic mass is 32.2. The van der Waals surface area contributed by atoms with Crippen LogP contribution in [0.4, 0.5) is 0 Å². The van der Waals surface area contributed by atoms with Gasteiger partial charge in [-0.3, -0.25) is 5.84 Å². The second-order valence-electron chi connectivity index (χ2n) is 4.55. The third-order valence-corrected chi connectivity index (χ3v) is 4.76. The first-order chi connectivity index (χ1) is 10.5. The average Bonchev–Trinajstić information content (AvgIpc) is 2.55. The lowest BCUT2D eigenvalue weighted by Gasteiger charge is -2.19. The molecular weight excluding hydrogens is 304 g/mol. The molecule has 0 aliphatic rings. The summed E-state index contributed by atoms with van der Waals surface area (Å²) in [6, 6.07) is 13.6. The van der Waals surface area contributed by atoms with Crippen molar-refractivity contribution < 1.29 is 17.9 Å². The van der Waals surface area contributed by atoms with Gasteiger partial charge in [-0.1, -0.05) is 30.3 Å². The fourth-order valence-corrected chi connectivity index (χ4v) is 3.20. The molecule has 0 atom stereocenters. The van der Waals surface area contributed by atoms with Crippen LogP contribution in [0.3, 0.4) is 0 Å². The van der Waals surface area contributed by atoms with Gasteiger partial charge in [0, 0.05) is 6.07 Å². The molecule has 0 aliphatic heterocycles. The van der Waals surface area contributed by atoms with E-state index in [9.17, 15) is 8.42 Å². The number of hydrogen-bond donors (Lipinski definition) is 1. The number of nitrogens with two attached hydrogens (primary N) is 1. The topological polar surface area (TPSA) is 81.9 Å². The minimum Gasteiger partial charge on any atom is -0.497 e. The maximum absolute atomic E-state index is 12.6. The molecule has 2 rings (SSSR count). The lowest BCUT2D eigenvalue weighted by molar-refractivity contribution is 0.383. The molecular formula is C15H18N2O4S. The summed E-state index contributed by atoms with van der Waals surface area (Å²) < 4.78 is 36.3. The van der Waals surface area contributed by atoms with Crippen molar-refractivity contribution in [1.82, 2.24) is 4.41 Å². The summed E-state index contributed by atoms with van der Waals surface area (Å²) in [5.41, 5.74) is 0.787. The first-order valence-corrected chi connectivity index (χ1v) is 7.96. The van der Waals surface area contributed by atoms with E-state index in [1.165, 1.54) is 26.4 Å². The van der Waals surface area contributed by atoms with Gasteiger partial charge in [-0.15, -0.1) is 4.41 Å². The number of rotatable bonds is 6. The van der Waals surface area contributed by atoms with Gasteiger partial charge in [-0.05, 0) is 17.7 Å². The van der Waals surface area contributed by atoms with E-state index in [4.69, 9.17) is 15.3 Å². The Labute approximate surface area is 130 Å². The van der Waals surface area contributed by atoms with Gasteiger partial charge in [-0.25, -0.2) is 8.42 Å². The predicted molar refractivity (Wildman–Crippen MR) is 82.9 cm³/mol. The summed E-state index contributed by atoms with van der Waals surface area (Å²) in [6.45, 7) is 0.0591. The first-order valence-electron chi connectivity index (χ1n) is 6.52. The van der Waals surface area contributed by atoms with E-state index < -0.39 is 10.0 Å². The minimum absolute atomic E-state index is 0.0345. The van der Waals surface area contributed by atoms with Crippen LogP contribution in [0.25, 0.3) is 0 Å². The normalized spacial score (nSPS) is 11.5. The van der Waals surface area contributed by atoms with Crippen molar-refractivity contribution in [3.05, 3.63) is 54.1 Å². The van der Waals surface area contributed by atoms with Crippen LogP contribution >= 0.6 is 0 Å². The Bertz CT molecular complexity index is 732. The molecule has 0 spiro atoms. The summed E-state index contributed by atoms with van der Waals surface area (Å²) in [5, 5.41) is 0. The summed E-state index contributed by atoms with van der Waals surface area (Å²) in [6.07, 6.45) is 0. The quantitative estimate of drug-likeness (QED) is 0.647. The van der Waals surface area contributed by atoms with Gasteiger partial charge in [0.05, 0.1) is 20.8 Å². The van der Waals surface area contributed by atoms with Crippen LogP contribution in [0.5, 0.6) is 11.5 Å². The van der Waals surface area contributed by atoms with Crippen LogP contribution in [-0.4, -0.2) is 27.1 Å². The molecule has 0 unspecified atom stereocenters. The molecule has 0 saturated heterocycles. The fourth-order valence-electron chi connectivity index (χ4n) is 1.96. The smallest absolute Gasteiger partial charge is 0.259 e. The Morgan fingerprint density at radius 2 is 1.73 bits per heavy atom. The third-order valence-electron chi connectivity index (χ3n) is 3.14. The molecule has 2 aromatic rings. The van der Waals surface area contributed by atoms with Crippen LogP contribution in [0.1, 0.15) is 5.56 Å². The van der Waals surface area contributed by atoms with Crippen LogP contribution < -0.4 is 15.3 Å². The molecule has 0 heterocycles. The molecule has 0 saturated carbocycles. The lowest BCUT2D eigenvalue weighted by atomic mass is 10.2. The molecule has 2 N–H and O–H groups in total. The van der Waals surface area contributed by atoms with Gasteiger partial charge in [0.1, 0.15) is 16.4 Å². The molecule has 7 heteroatoms. The number of hydrogen-bond acceptors (Lipinski definition) is 5. The van der Waals surface area contributed by atoms with E-state index in [1.54, 1.807) is 18.2 Å². The van der Waals surface area contributed by atoms with Crippen LogP contribution in [0, 0.1) is 0 Å². The molecule has 22 heavy (non-hydrogen) atoms. The lowest BCUT2D eigenvalue weighted by Crippen LogP contribution is -2.36. The van der Waals surface area contributed by atoms with Crippen LogP contribution in [0.15, 0.2) is 53.4 Å². The Morgan fingerprint density at radius 3 is 2.32 bits per heavy atom. The summed E-state index contributed by atoms with van der Waals surface area (Å²) >= 11 is 0. The largest absolute Gasteiger partial charge is 0.497 e. The van der Waals surface area contributed by atoms with Crippen molar-refractivity contribution in [2.45, 2.75) is 11.4 Å². The predicted octanol–water partition coefficient (Wildman–Crippen LogP) is 1.77. The van der Waals surface area contributed by atoms with Crippen molar-refractivity contribution >= 4 is 10.0 Å². The summed E-state index contributed by atoms with van der Waals surface area (Å²) in [4.78, 5) is -0.0345. The molecule has 0 aliphatic carbocycles. The van der Waals surface area contributed by atoms with E-state index in [-0.39, 0.29) is 17.2 Å². The van der Waals surface area contributed by atoms with Gasteiger partial charge in [-0.2, -0.15) is 0 Å². The second-order valence-corrected chi connectivity index (χ2v) is 6.41. The standard InChI is InChI=1S/C15H18N2O4S/c1-20-13-8-9-14(21-2)15(10-13)22(18,19)17(16)11-12-6-4-3-5-7-12/h3-10H,11,16H2,1-2H3. The second kappa shape index (κ2) is 6.78. The highest BCUT2D eigenvalue weighted by Gasteiger charge is 2.26. The summed E-state index contributed by atoms with van der Waals surface area (Å²) in [7, 11) is -1.04. The fraction of sp³-hybridized carbons (Fsp3) is 0.200. The Kier molecular flexibility index (Phi) is 5.02. The maximum atomic E-state index is 12.6. The van der Waals surface area contributed by atoms with E-state index in [2.05, 4.69) is 0 Å². The van der Waals surface area contributed by atoms with Gasteiger partial charge >= 0.3 is 0 Å². The number of sulfonamides is 1. The van der Waals surface area contributed by atoms with E-state index in [0.717, 1.165) is 9.98 Å². The van der Waals surface area contributed by atoms with E-state index in [1.807, 2.05) is 18.2 Å². The highest BCUT2D eigenvalue weighted by molar-refractivity contribution is 7.89. The van der Waals surface area contributed by atoms with Gasteiger partial charge < -0.3 is 9.47 Å². The zero-order valence-corrected chi connectivity index (χ0v) is 13.2. The van der Waals surface area contributed by atoms with Crippen molar-refractivity contribution in [2.75, 3.05) is 14.2 Å². The number of hydrazine groups is 1. The average molecular weight is 322 g/mol. The maximum Gasteiger partial charge on any atom is 0.259 e. The number of methoxy groups -OCH3 is 2. The third kappa shape index (κ3) is 3.38. The molecule has 0 radical (unpaired) electrons. The first kappa shape index (κ1) is 16.3. The highest BCUT2D eigenvalue weighted by Crippen LogP contribution is 2.30. The Morgan fingerprint density at radius 1 is 1.05 bits per heavy atom. The molecule has 2 aromatic carbocycles. The van der Waals surface area contributed by atoms with Crippen molar-refractivity contribution in [3.8, 4) is 11.5 Å². The molecule has 118 valence electrons. The minimum atomic E-state index is -3.91. The zero-order chi connectivity index (χ0) is 16.2. The van der Waals surface area contributed by atoms with E-state index in [0.29, 0.717) is 5.75 Å². The number of benzene rings is 2. The molecule has 6 nitrogen and oxygen atoms in total. The van der Waals surface area contributed by atoms with Crippen molar-refractivity contribution in [2.24, 2.45) is 5.84 Å². The zero-order valence-electron chi connectivity index (χ0n) is 12.4. The molecule has 0 amide bonds. The number of nitrogens with zero attached hydrogens (tertiary/aromatic N) is 1. The Hall–Kier alpha value is -2.09. The van der Waals surface area contributed by atoms with E-state index >= 15 is 0 Å². The number of ether oxygens (including phenoxy) is 2. The van der Waals surface area contributed by atoms with Crippen LogP contribution in [-0.2, 0) is 16.6 Å². The monoisotopic (exact) mass is 322 g/mol. The summed E-state index contributed by atoms with van der Waals surface area (Å²) in [5.74, 6) is 6.40. The van der Waals surface area contributed by atoms with Crippen molar-refractivity contribution in [3.63, 3.8) is 0 Å². The van der Waals surface area contributed by atoms with Gasteiger partial charge in [0.25, 0.3) is 10.0 Å². The van der Waals surface area contributed by atoms with Crippen LogP contribution in [0.2, 0.25) is 0 Å². The Balaban J connectivity index is 2.37. The molecule has 0 aromatic heterocycles. The molecule has 0 fully saturated rings. The SMILES string of the molecule is COc1ccc(OC)c(S(=O)(=O)N(N)Cc2ccccc2)c1. The molecule has 0 bridgehead atoms. The van der Waals surface area contributed by atoms with Gasteiger partial charge in [0.15, 0.2) is 0 Å².